The molecule has 35 heavy (non-hydrogen) atoms. The van der Waals surface area contributed by atoms with Gasteiger partial charge in [-0.2, -0.15) is 0 Å². The number of hydrogen-bond donors (Lipinski definition) is 1. The summed E-state index contributed by atoms with van der Waals surface area (Å²) in [7, 11) is 0. The number of rotatable bonds is 4. The first kappa shape index (κ1) is 24.5. The Morgan fingerprint density at radius 2 is 1.77 bits per heavy atom. The SMILES string of the molecule is CC.Nc1noc2ccc(-c3cc(Cl)ccc3Oc3cc(F)c(C(=O)N4CCCC4)cc3F)cc12. The number of halogens is 3. The van der Waals surface area contributed by atoms with Crippen LogP contribution in [0.3, 0.4) is 0 Å². The molecule has 1 fully saturated rings. The lowest BCUT2D eigenvalue weighted by Gasteiger charge is -2.17. The summed E-state index contributed by atoms with van der Waals surface area (Å²) in [6, 6.07) is 11.7. The van der Waals surface area contributed by atoms with E-state index in [9.17, 15) is 13.6 Å². The highest BCUT2D eigenvalue weighted by atomic mass is 35.5. The van der Waals surface area contributed by atoms with E-state index in [0.717, 1.165) is 25.0 Å². The quantitative estimate of drug-likeness (QED) is 0.325. The van der Waals surface area contributed by atoms with E-state index in [4.69, 9.17) is 26.6 Å². The molecule has 3 aromatic carbocycles. The minimum atomic E-state index is -0.850. The molecule has 0 atom stereocenters. The molecular formula is C26H24ClF2N3O3. The van der Waals surface area contributed by atoms with Gasteiger partial charge in [0.05, 0.1) is 10.9 Å². The average Bonchev–Trinajstić information content (AvgIpc) is 3.53. The molecule has 0 spiro atoms. The van der Waals surface area contributed by atoms with Crippen LogP contribution in [0.25, 0.3) is 22.1 Å². The maximum absolute atomic E-state index is 14.9. The van der Waals surface area contributed by atoms with Gasteiger partial charge in [0, 0.05) is 29.7 Å². The third kappa shape index (κ3) is 4.93. The number of carbonyl (C=O) groups is 1. The number of hydrogen-bond acceptors (Lipinski definition) is 5. The molecule has 2 heterocycles. The van der Waals surface area contributed by atoms with Crippen molar-refractivity contribution in [3.05, 3.63) is 70.8 Å². The molecule has 2 N–H and O–H groups in total. The Bertz CT molecular complexity index is 1380. The number of likely N-dealkylation sites (tertiary alicyclic amines) is 1. The number of benzene rings is 3. The molecule has 0 unspecified atom stereocenters. The van der Waals surface area contributed by atoms with Crippen molar-refractivity contribution in [2.24, 2.45) is 0 Å². The molecule has 0 bridgehead atoms. The number of nitrogens with zero attached hydrogens (tertiary/aromatic N) is 2. The van der Waals surface area contributed by atoms with Crippen LogP contribution in [0.2, 0.25) is 5.02 Å². The van der Waals surface area contributed by atoms with Crippen molar-refractivity contribution in [3.8, 4) is 22.6 Å². The van der Waals surface area contributed by atoms with E-state index in [0.29, 0.717) is 40.2 Å². The summed E-state index contributed by atoms with van der Waals surface area (Å²) in [5.41, 5.74) is 7.24. The van der Waals surface area contributed by atoms with E-state index in [1.165, 1.54) is 4.90 Å². The maximum atomic E-state index is 14.9. The molecule has 1 aromatic heterocycles. The first-order valence-corrected chi connectivity index (χ1v) is 11.7. The Hall–Kier alpha value is -3.65. The van der Waals surface area contributed by atoms with Crippen LogP contribution < -0.4 is 10.5 Å². The summed E-state index contributed by atoms with van der Waals surface area (Å²) in [5.74, 6) is -2.11. The minimum Gasteiger partial charge on any atom is -0.454 e. The molecule has 9 heteroatoms. The summed E-state index contributed by atoms with van der Waals surface area (Å²) < 4.78 is 40.5. The highest BCUT2D eigenvalue weighted by Crippen LogP contribution is 2.38. The second kappa shape index (κ2) is 10.3. The van der Waals surface area contributed by atoms with Gasteiger partial charge in [0.25, 0.3) is 5.91 Å². The lowest BCUT2D eigenvalue weighted by atomic mass is 10.0. The highest BCUT2D eigenvalue weighted by Gasteiger charge is 2.25. The van der Waals surface area contributed by atoms with Gasteiger partial charge in [-0.15, -0.1) is 0 Å². The van der Waals surface area contributed by atoms with Gasteiger partial charge in [0.1, 0.15) is 11.6 Å². The molecule has 0 aliphatic carbocycles. The van der Waals surface area contributed by atoms with E-state index >= 15 is 0 Å². The van der Waals surface area contributed by atoms with Crippen LogP contribution >= 0.6 is 11.6 Å². The lowest BCUT2D eigenvalue weighted by molar-refractivity contribution is 0.0787. The Balaban J connectivity index is 0.00000141. The van der Waals surface area contributed by atoms with Gasteiger partial charge in [-0.1, -0.05) is 36.7 Å². The van der Waals surface area contributed by atoms with E-state index in [1.54, 1.807) is 36.4 Å². The molecular weight excluding hydrogens is 476 g/mol. The summed E-state index contributed by atoms with van der Waals surface area (Å²) in [6.45, 7) is 5.07. The zero-order valence-electron chi connectivity index (χ0n) is 19.3. The number of amides is 1. The van der Waals surface area contributed by atoms with Crippen molar-refractivity contribution in [2.75, 3.05) is 18.8 Å². The molecule has 1 amide bonds. The minimum absolute atomic E-state index is 0.225. The van der Waals surface area contributed by atoms with Crippen LogP contribution in [0, 0.1) is 11.6 Å². The van der Waals surface area contributed by atoms with Crippen molar-refractivity contribution < 1.29 is 22.8 Å². The molecule has 1 aliphatic heterocycles. The van der Waals surface area contributed by atoms with Gasteiger partial charge in [0.15, 0.2) is 23.0 Å². The topological polar surface area (TPSA) is 81.6 Å². The van der Waals surface area contributed by atoms with Crippen molar-refractivity contribution in [1.82, 2.24) is 10.1 Å². The number of nitrogens with two attached hydrogens (primary N) is 1. The predicted octanol–water partition coefficient (Wildman–Crippen LogP) is 7.06. The van der Waals surface area contributed by atoms with Crippen LogP contribution in [0.1, 0.15) is 37.0 Å². The monoisotopic (exact) mass is 499 g/mol. The Kier molecular flexibility index (Phi) is 7.21. The van der Waals surface area contributed by atoms with Crippen LogP contribution in [0.5, 0.6) is 11.5 Å². The van der Waals surface area contributed by atoms with Gasteiger partial charge in [-0.05, 0) is 54.8 Å². The van der Waals surface area contributed by atoms with Crippen LogP contribution in [-0.4, -0.2) is 29.1 Å². The van der Waals surface area contributed by atoms with Crippen LogP contribution in [0.15, 0.2) is 53.1 Å². The molecule has 0 saturated carbocycles. The predicted molar refractivity (Wildman–Crippen MR) is 132 cm³/mol. The smallest absolute Gasteiger partial charge is 0.256 e. The van der Waals surface area contributed by atoms with Gasteiger partial charge >= 0.3 is 0 Å². The highest BCUT2D eigenvalue weighted by molar-refractivity contribution is 6.31. The number of anilines is 1. The zero-order valence-corrected chi connectivity index (χ0v) is 20.0. The van der Waals surface area contributed by atoms with Crippen LogP contribution in [0.4, 0.5) is 14.6 Å². The number of aromatic nitrogens is 1. The Morgan fingerprint density at radius 3 is 2.51 bits per heavy atom. The van der Waals surface area contributed by atoms with E-state index in [2.05, 4.69) is 5.16 Å². The van der Waals surface area contributed by atoms with Gasteiger partial charge in [-0.3, -0.25) is 4.79 Å². The van der Waals surface area contributed by atoms with E-state index < -0.39 is 17.5 Å². The van der Waals surface area contributed by atoms with Crippen molar-refractivity contribution >= 4 is 34.3 Å². The first-order valence-electron chi connectivity index (χ1n) is 11.3. The lowest BCUT2D eigenvalue weighted by Crippen LogP contribution is -2.28. The Labute approximate surface area is 206 Å². The second-order valence-electron chi connectivity index (χ2n) is 7.78. The summed E-state index contributed by atoms with van der Waals surface area (Å²) >= 11 is 6.19. The van der Waals surface area contributed by atoms with Gasteiger partial charge in [-0.25, -0.2) is 8.78 Å². The fraction of sp³-hybridized carbons (Fsp3) is 0.231. The molecule has 1 aliphatic rings. The average molecular weight is 500 g/mol. The number of nitrogen functional groups attached to an aromatic ring is 1. The number of fused-ring (bicyclic) bond motifs is 1. The standard InChI is InChI=1S/C24H18ClF2N3O3.C2H6/c25-14-4-6-20(15(10-14)13-3-5-21-17(9-13)23(28)29-33-21)32-22-12-18(26)16(11-19(22)27)24(31)30-7-1-2-8-30;1-2/h3-6,9-12H,1-2,7-8H2,(H2,28,29);1-2H3. The van der Waals surface area contributed by atoms with E-state index in [-0.39, 0.29) is 22.9 Å². The van der Waals surface area contributed by atoms with Crippen molar-refractivity contribution in [1.29, 1.82) is 0 Å². The largest absolute Gasteiger partial charge is 0.454 e. The molecule has 5 rings (SSSR count). The Morgan fingerprint density at radius 1 is 1.03 bits per heavy atom. The molecule has 4 aromatic rings. The van der Waals surface area contributed by atoms with Gasteiger partial charge in [0.2, 0.25) is 0 Å². The molecule has 6 nitrogen and oxygen atoms in total. The van der Waals surface area contributed by atoms with Crippen molar-refractivity contribution in [3.63, 3.8) is 0 Å². The molecule has 1 saturated heterocycles. The fourth-order valence-corrected chi connectivity index (χ4v) is 4.09. The van der Waals surface area contributed by atoms with E-state index in [1.807, 2.05) is 13.8 Å². The first-order chi connectivity index (χ1) is 16.9. The summed E-state index contributed by atoms with van der Waals surface area (Å²) in [5, 5.41) is 4.76. The van der Waals surface area contributed by atoms with Crippen LogP contribution in [-0.2, 0) is 0 Å². The van der Waals surface area contributed by atoms with Crippen molar-refractivity contribution in [2.45, 2.75) is 26.7 Å². The summed E-state index contributed by atoms with van der Waals surface area (Å²) in [6.07, 6.45) is 1.70. The molecule has 0 radical (unpaired) electrons. The zero-order chi connectivity index (χ0) is 25.1. The maximum Gasteiger partial charge on any atom is 0.256 e. The summed E-state index contributed by atoms with van der Waals surface area (Å²) in [4.78, 5) is 14.0. The molecule has 182 valence electrons. The third-order valence-corrected chi connectivity index (χ3v) is 5.85. The number of ether oxygens (including phenoxy) is 1. The normalized spacial score (nSPS) is 13.0. The number of carbonyl (C=O) groups excluding carboxylic acids is 1. The van der Waals surface area contributed by atoms with Gasteiger partial charge < -0.3 is 19.9 Å². The second-order valence-corrected chi connectivity index (χ2v) is 8.22. The third-order valence-electron chi connectivity index (χ3n) is 5.62. The fourth-order valence-electron chi connectivity index (χ4n) is 3.92.